The zero-order valence-electron chi connectivity index (χ0n) is 16.1. The zero-order valence-corrected chi connectivity index (χ0v) is 16.1. The fourth-order valence-electron chi connectivity index (χ4n) is 3.15. The van der Waals surface area contributed by atoms with Crippen LogP contribution in [0, 0.1) is 5.92 Å². The van der Waals surface area contributed by atoms with Gasteiger partial charge in [0.2, 0.25) is 5.91 Å². The van der Waals surface area contributed by atoms with Gasteiger partial charge in [0.1, 0.15) is 18.9 Å². The van der Waals surface area contributed by atoms with E-state index in [-0.39, 0.29) is 12.4 Å². The molecular formula is C18H22F3N3O5. The van der Waals surface area contributed by atoms with Crippen LogP contribution in [-0.2, 0) is 30.0 Å². The number of ether oxygens (including phenoxy) is 2. The van der Waals surface area contributed by atoms with Crippen molar-refractivity contribution in [2.24, 2.45) is 5.92 Å². The molecule has 1 atom stereocenters. The third kappa shape index (κ3) is 5.81. The lowest BCUT2D eigenvalue weighted by Crippen LogP contribution is -2.48. The number of carbonyl (C=O) groups excluding carboxylic acids is 3. The number of anilines is 1. The van der Waals surface area contributed by atoms with E-state index in [4.69, 9.17) is 0 Å². The van der Waals surface area contributed by atoms with Gasteiger partial charge in [0.15, 0.2) is 0 Å². The molecule has 1 amide bonds. The Morgan fingerprint density at radius 1 is 1.21 bits per heavy atom. The summed E-state index contributed by atoms with van der Waals surface area (Å²) in [7, 11) is 2.29. The number of hydrogen-bond acceptors (Lipinski definition) is 7. The maximum absolute atomic E-state index is 13.3. The quantitative estimate of drug-likeness (QED) is 0.648. The first-order valence-electron chi connectivity index (χ1n) is 8.87. The van der Waals surface area contributed by atoms with Crippen LogP contribution in [0.5, 0.6) is 0 Å². The number of amides is 1. The molecule has 160 valence electrons. The molecule has 1 aliphatic heterocycles. The van der Waals surface area contributed by atoms with Crippen molar-refractivity contribution < 1.29 is 37.0 Å². The Morgan fingerprint density at radius 2 is 1.83 bits per heavy atom. The molecule has 0 N–H and O–H groups in total. The normalized spacial score (nSPS) is 16.9. The van der Waals surface area contributed by atoms with E-state index in [1.165, 1.54) is 17.2 Å². The molecule has 29 heavy (non-hydrogen) atoms. The summed E-state index contributed by atoms with van der Waals surface area (Å²) in [6.07, 6.45) is -2.46. The maximum Gasteiger partial charge on any atom is 0.419 e. The van der Waals surface area contributed by atoms with E-state index in [0.717, 1.165) is 25.2 Å². The fourth-order valence-corrected chi connectivity index (χ4v) is 3.15. The Bertz CT molecular complexity index is 739. The maximum atomic E-state index is 13.3. The van der Waals surface area contributed by atoms with Crippen molar-refractivity contribution in [3.8, 4) is 0 Å². The van der Waals surface area contributed by atoms with Gasteiger partial charge in [-0.25, -0.2) is 4.98 Å². The molecule has 1 unspecified atom stereocenters. The van der Waals surface area contributed by atoms with Crippen LogP contribution in [0.1, 0.15) is 18.4 Å². The van der Waals surface area contributed by atoms with Gasteiger partial charge in [0.25, 0.3) is 0 Å². The van der Waals surface area contributed by atoms with Crippen molar-refractivity contribution >= 4 is 23.7 Å². The molecule has 0 spiro atoms. The van der Waals surface area contributed by atoms with Crippen LogP contribution in [0.15, 0.2) is 18.3 Å². The number of aromatic nitrogens is 1. The number of piperidine rings is 1. The molecule has 11 heteroatoms. The molecule has 8 nitrogen and oxygen atoms in total. The van der Waals surface area contributed by atoms with Crippen molar-refractivity contribution in [3.63, 3.8) is 0 Å². The summed E-state index contributed by atoms with van der Waals surface area (Å²) in [6.45, 7) is -0.633. The van der Waals surface area contributed by atoms with Gasteiger partial charge in [-0.3, -0.25) is 14.4 Å². The minimum Gasteiger partial charge on any atom is -0.468 e. The van der Waals surface area contributed by atoms with Gasteiger partial charge in [-0.15, -0.1) is 0 Å². The highest BCUT2D eigenvalue weighted by molar-refractivity contribution is 5.87. The molecule has 0 saturated carbocycles. The second kappa shape index (κ2) is 9.57. The van der Waals surface area contributed by atoms with Crippen LogP contribution in [0.4, 0.5) is 19.0 Å². The molecule has 2 heterocycles. The van der Waals surface area contributed by atoms with Crippen molar-refractivity contribution in [2.45, 2.75) is 19.0 Å². The Morgan fingerprint density at radius 3 is 2.38 bits per heavy atom. The number of methoxy groups -OCH3 is 2. The second-order valence-corrected chi connectivity index (χ2v) is 6.50. The predicted octanol–water partition coefficient (Wildman–Crippen LogP) is 1.49. The van der Waals surface area contributed by atoms with Gasteiger partial charge in [-0.2, -0.15) is 13.2 Å². The van der Waals surface area contributed by atoms with E-state index in [1.807, 2.05) is 0 Å². The Kier molecular flexibility index (Phi) is 7.40. The smallest absolute Gasteiger partial charge is 0.419 e. The van der Waals surface area contributed by atoms with Gasteiger partial charge in [0, 0.05) is 19.3 Å². The Hall–Kier alpha value is -2.85. The second-order valence-electron chi connectivity index (χ2n) is 6.50. The first-order valence-corrected chi connectivity index (χ1v) is 8.87. The Labute approximate surface area is 165 Å². The lowest BCUT2D eigenvalue weighted by Gasteiger charge is -2.36. The molecule has 1 aromatic rings. The summed E-state index contributed by atoms with van der Waals surface area (Å²) in [4.78, 5) is 42.4. The monoisotopic (exact) mass is 417 g/mol. The molecule has 2 rings (SSSR count). The average Bonchev–Trinajstić information content (AvgIpc) is 2.71. The van der Waals surface area contributed by atoms with E-state index in [1.54, 1.807) is 0 Å². The number of carbonyl (C=O) groups is 3. The molecule has 0 radical (unpaired) electrons. The van der Waals surface area contributed by atoms with Crippen LogP contribution >= 0.6 is 0 Å². The summed E-state index contributed by atoms with van der Waals surface area (Å²) < 4.78 is 49.0. The number of nitrogens with zero attached hydrogens (tertiary/aromatic N) is 3. The zero-order chi connectivity index (χ0) is 21.6. The summed E-state index contributed by atoms with van der Waals surface area (Å²) in [5.41, 5.74) is -0.880. The lowest BCUT2D eigenvalue weighted by atomic mass is 9.96. The van der Waals surface area contributed by atoms with Gasteiger partial charge < -0.3 is 19.3 Å². The molecule has 0 aromatic carbocycles. The average molecular weight is 417 g/mol. The van der Waals surface area contributed by atoms with E-state index in [0.29, 0.717) is 19.4 Å². The molecule has 0 aliphatic carbocycles. The molecule has 1 aliphatic rings. The van der Waals surface area contributed by atoms with Crippen LogP contribution in [0.25, 0.3) is 0 Å². The van der Waals surface area contributed by atoms with E-state index >= 15 is 0 Å². The number of hydrogen-bond donors (Lipinski definition) is 0. The molecular weight excluding hydrogens is 395 g/mol. The van der Waals surface area contributed by atoms with Crippen molar-refractivity contribution in [1.29, 1.82) is 0 Å². The standard InChI is InChI=1S/C18H22F3N3O5/c1-28-14(25)10-24(11-15(26)29-2)17(27)12-5-4-8-23(9-12)16-13(18(19,20)21)6-3-7-22-16/h3,6-7,12H,4-5,8-11H2,1-2H3. The number of halogens is 3. The minimum absolute atomic E-state index is 0.0161. The highest BCUT2D eigenvalue weighted by Gasteiger charge is 2.38. The van der Waals surface area contributed by atoms with E-state index < -0.39 is 48.6 Å². The lowest BCUT2D eigenvalue weighted by molar-refractivity contribution is -0.153. The summed E-state index contributed by atoms with van der Waals surface area (Å²) in [5, 5.41) is 0. The molecule has 1 saturated heterocycles. The minimum atomic E-state index is -4.58. The number of rotatable bonds is 6. The summed E-state index contributed by atoms with van der Waals surface area (Å²) in [6, 6.07) is 2.14. The number of esters is 2. The van der Waals surface area contributed by atoms with Gasteiger partial charge in [-0.1, -0.05) is 0 Å². The third-order valence-corrected chi connectivity index (χ3v) is 4.57. The van der Waals surface area contributed by atoms with Crippen LogP contribution in [0.3, 0.4) is 0 Å². The number of alkyl halides is 3. The van der Waals surface area contributed by atoms with Crippen molar-refractivity contribution in [1.82, 2.24) is 9.88 Å². The van der Waals surface area contributed by atoms with Gasteiger partial charge >= 0.3 is 18.1 Å². The predicted molar refractivity (Wildman–Crippen MR) is 94.8 cm³/mol. The van der Waals surface area contributed by atoms with Crippen LogP contribution < -0.4 is 4.90 Å². The molecule has 0 bridgehead atoms. The Balaban J connectivity index is 2.21. The molecule has 1 aromatic heterocycles. The van der Waals surface area contributed by atoms with Gasteiger partial charge in [0.05, 0.1) is 25.7 Å². The van der Waals surface area contributed by atoms with E-state index in [2.05, 4.69) is 14.5 Å². The highest BCUT2D eigenvalue weighted by atomic mass is 19.4. The fraction of sp³-hybridized carbons (Fsp3) is 0.556. The first-order chi connectivity index (χ1) is 13.7. The van der Waals surface area contributed by atoms with Crippen LogP contribution in [-0.4, -0.2) is 68.1 Å². The van der Waals surface area contributed by atoms with Crippen molar-refractivity contribution in [3.05, 3.63) is 23.9 Å². The molecule has 1 fully saturated rings. The van der Waals surface area contributed by atoms with Crippen molar-refractivity contribution in [2.75, 3.05) is 45.3 Å². The highest BCUT2D eigenvalue weighted by Crippen LogP contribution is 2.36. The number of pyridine rings is 1. The first kappa shape index (κ1) is 22.4. The largest absolute Gasteiger partial charge is 0.468 e. The van der Waals surface area contributed by atoms with E-state index in [9.17, 15) is 27.6 Å². The van der Waals surface area contributed by atoms with Gasteiger partial charge in [-0.05, 0) is 25.0 Å². The summed E-state index contributed by atoms with van der Waals surface area (Å²) >= 11 is 0. The SMILES string of the molecule is COC(=O)CN(CC(=O)OC)C(=O)C1CCCN(c2ncccc2C(F)(F)F)C1. The summed E-state index contributed by atoms with van der Waals surface area (Å²) in [5.74, 6) is -2.93. The van der Waals surface area contributed by atoms with Crippen LogP contribution in [0.2, 0.25) is 0 Å². The topological polar surface area (TPSA) is 89.0 Å². The third-order valence-electron chi connectivity index (χ3n) is 4.57.